The van der Waals surface area contributed by atoms with Gasteiger partial charge in [-0.25, -0.2) is 4.79 Å². The molecule has 0 radical (unpaired) electrons. The molecule has 1 aromatic carbocycles. The van der Waals surface area contributed by atoms with E-state index in [-0.39, 0.29) is 24.0 Å². The Bertz CT molecular complexity index is 834. The molecule has 144 valence electrons. The van der Waals surface area contributed by atoms with Gasteiger partial charge in [0, 0.05) is 31.9 Å². The number of carbonyl (C=O) groups excluding carboxylic acids is 2. The highest BCUT2D eigenvalue weighted by Crippen LogP contribution is 2.24. The van der Waals surface area contributed by atoms with E-state index in [1.165, 1.54) is 16.8 Å². The van der Waals surface area contributed by atoms with Crippen molar-refractivity contribution in [3.8, 4) is 0 Å². The molecular formula is C19H24N4O4. The number of carbonyl (C=O) groups is 2. The molecule has 3 rings (SSSR count). The maximum atomic E-state index is 12.4. The zero-order valence-electron chi connectivity index (χ0n) is 15.8. The molecule has 0 atom stereocenters. The standard InChI is InChI=1S/C19H24N4O4/c1-12-5-4-6-15(13(12)2)22-7-9-23(10-8-22)16(24)11-26-19(25)17-14(3)21-27-18(17)20/h4-6H,7-11,20H2,1-3H3. The van der Waals surface area contributed by atoms with Crippen LogP contribution in [0.15, 0.2) is 22.7 Å². The number of nitrogens with two attached hydrogens (primary N) is 1. The molecule has 1 aliphatic heterocycles. The van der Waals surface area contributed by atoms with E-state index in [9.17, 15) is 9.59 Å². The lowest BCUT2D eigenvalue weighted by molar-refractivity contribution is -0.134. The summed E-state index contributed by atoms with van der Waals surface area (Å²) in [5.41, 5.74) is 9.67. The van der Waals surface area contributed by atoms with Crippen molar-refractivity contribution in [3.05, 3.63) is 40.6 Å². The molecule has 1 aromatic heterocycles. The van der Waals surface area contributed by atoms with Crippen LogP contribution < -0.4 is 10.6 Å². The zero-order valence-corrected chi connectivity index (χ0v) is 15.8. The van der Waals surface area contributed by atoms with Crippen LogP contribution >= 0.6 is 0 Å². The normalized spacial score (nSPS) is 14.3. The lowest BCUT2D eigenvalue weighted by Crippen LogP contribution is -2.50. The maximum Gasteiger partial charge on any atom is 0.346 e. The van der Waals surface area contributed by atoms with Crippen LogP contribution in [0.25, 0.3) is 0 Å². The van der Waals surface area contributed by atoms with E-state index in [1.807, 2.05) is 6.07 Å². The summed E-state index contributed by atoms with van der Waals surface area (Å²) in [6.07, 6.45) is 0. The molecule has 0 bridgehead atoms. The monoisotopic (exact) mass is 372 g/mol. The Hall–Kier alpha value is -3.03. The number of nitrogens with zero attached hydrogens (tertiary/aromatic N) is 3. The summed E-state index contributed by atoms with van der Waals surface area (Å²) in [7, 11) is 0. The van der Waals surface area contributed by atoms with Crippen molar-refractivity contribution in [2.24, 2.45) is 0 Å². The molecule has 1 saturated heterocycles. The van der Waals surface area contributed by atoms with Crippen molar-refractivity contribution < 1.29 is 18.8 Å². The first-order valence-electron chi connectivity index (χ1n) is 8.86. The largest absolute Gasteiger partial charge is 0.452 e. The third-order valence-corrected chi connectivity index (χ3v) is 4.97. The minimum absolute atomic E-state index is 0.0718. The number of benzene rings is 1. The fourth-order valence-corrected chi connectivity index (χ4v) is 3.20. The Morgan fingerprint density at radius 2 is 1.89 bits per heavy atom. The van der Waals surface area contributed by atoms with Crippen LogP contribution in [0.4, 0.5) is 11.6 Å². The fourth-order valence-electron chi connectivity index (χ4n) is 3.20. The van der Waals surface area contributed by atoms with Gasteiger partial charge in [-0.3, -0.25) is 4.79 Å². The van der Waals surface area contributed by atoms with Gasteiger partial charge in [-0.15, -0.1) is 0 Å². The quantitative estimate of drug-likeness (QED) is 0.815. The molecule has 2 N–H and O–H groups in total. The van der Waals surface area contributed by atoms with E-state index in [0.717, 1.165) is 13.1 Å². The van der Waals surface area contributed by atoms with E-state index in [1.54, 1.807) is 11.8 Å². The number of rotatable bonds is 4. The smallest absolute Gasteiger partial charge is 0.346 e. The summed E-state index contributed by atoms with van der Waals surface area (Å²) in [5.74, 6) is -1.03. The van der Waals surface area contributed by atoms with Gasteiger partial charge in [-0.05, 0) is 38.0 Å². The number of esters is 1. The van der Waals surface area contributed by atoms with Crippen LogP contribution in [-0.4, -0.2) is 54.7 Å². The molecule has 2 aromatic rings. The molecule has 1 fully saturated rings. The molecule has 8 heteroatoms. The summed E-state index contributed by atoms with van der Waals surface area (Å²) in [6, 6.07) is 6.25. The Morgan fingerprint density at radius 1 is 1.19 bits per heavy atom. The summed E-state index contributed by atoms with van der Waals surface area (Å²) >= 11 is 0. The minimum Gasteiger partial charge on any atom is -0.452 e. The summed E-state index contributed by atoms with van der Waals surface area (Å²) in [5, 5.41) is 3.60. The number of piperazine rings is 1. The molecule has 1 aliphatic rings. The number of nitrogen functional groups attached to an aromatic ring is 1. The topological polar surface area (TPSA) is 102 Å². The molecule has 8 nitrogen and oxygen atoms in total. The van der Waals surface area contributed by atoms with Crippen molar-refractivity contribution in [2.75, 3.05) is 43.4 Å². The van der Waals surface area contributed by atoms with Crippen molar-refractivity contribution >= 4 is 23.4 Å². The minimum atomic E-state index is -0.700. The maximum absolute atomic E-state index is 12.4. The van der Waals surface area contributed by atoms with Gasteiger partial charge in [0.25, 0.3) is 5.91 Å². The average Bonchev–Trinajstić information content (AvgIpc) is 3.00. The SMILES string of the molecule is Cc1cccc(N2CCN(C(=O)COC(=O)c3c(C)noc3N)CC2)c1C. The van der Waals surface area contributed by atoms with Gasteiger partial charge in [0.15, 0.2) is 6.61 Å². The third-order valence-electron chi connectivity index (χ3n) is 4.97. The molecule has 0 aliphatic carbocycles. The summed E-state index contributed by atoms with van der Waals surface area (Å²) < 4.78 is 9.82. The number of ether oxygens (including phenoxy) is 1. The molecule has 1 amide bonds. The summed E-state index contributed by atoms with van der Waals surface area (Å²) in [6.45, 7) is 8.11. The fraction of sp³-hybridized carbons (Fsp3) is 0.421. The van der Waals surface area contributed by atoms with E-state index in [0.29, 0.717) is 18.8 Å². The second kappa shape index (κ2) is 7.69. The Balaban J connectivity index is 1.53. The first-order chi connectivity index (χ1) is 12.9. The lowest BCUT2D eigenvalue weighted by atomic mass is 10.1. The average molecular weight is 372 g/mol. The Labute approximate surface area is 157 Å². The third kappa shape index (κ3) is 3.89. The van der Waals surface area contributed by atoms with Crippen LogP contribution in [0, 0.1) is 20.8 Å². The predicted molar refractivity (Wildman–Crippen MR) is 101 cm³/mol. The number of aromatic nitrogens is 1. The highest BCUT2D eigenvalue weighted by molar-refractivity contribution is 5.96. The lowest BCUT2D eigenvalue weighted by Gasteiger charge is -2.37. The first-order valence-corrected chi connectivity index (χ1v) is 8.86. The molecule has 2 heterocycles. The summed E-state index contributed by atoms with van der Waals surface area (Å²) in [4.78, 5) is 28.4. The second-order valence-corrected chi connectivity index (χ2v) is 6.67. The van der Waals surface area contributed by atoms with Gasteiger partial charge in [0.1, 0.15) is 5.56 Å². The van der Waals surface area contributed by atoms with Gasteiger partial charge in [0.05, 0.1) is 5.69 Å². The van der Waals surface area contributed by atoms with E-state index in [4.69, 9.17) is 15.0 Å². The first kappa shape index (κ1) is 18.8. The van der Waals surface area contributed by atoms with Crippen molar-refractivity contribution in [2.45, 2.75) is 20.8 Å². The Kier molecular flexibility index (Phi) is 5.34. The van der Waals surface area contributed by atoms with E-state index >= 15 is 0 Å². The van der Waals surface area contributed by atoms with Crippen LogP contribution in [0.3, 0.4) is 0 Å². The molecule has 0 spiro atoms. The van der Waals surface area contributed by atoms with Crippen LogP contribution in [0.2, 0.25) is 0 Å². The van der Waals surface area contributed by atoms with Gasteiger partial charge < -0.3 is 24.8 Å². The van der Waals surface area contributed by atoms with Crippen LogP contribution in [0.5, 0.6) is 0 Å². The van der Waals surface area contributed by atoms with Gasteiger partial charge >= 0.3 is 5.97 Å². The van der Waals surface area contributed by atoms with Gasteiger partial charge in [-0.2, -0.15) is 0 Å². The van der Waals surface area contributed by atoms with Crippen LogP contribution in [0.1, 0.15) is 27.2 Å². The van der Waals surface area contributed by atoms with Gasteiger partial charge in [-0.1, -0.05) is 17.3 Å². The Morgan fingerprint density at radius 3 is 2.52 bits per heavy atom. The highest BCUT2D eigenvalue weighted by Gasteiger charge is 2.25. The highest BCUT2D eigenvalue weighted by atomic mass is 16.5. The number of hydrogen-bond acceptors (Lipinski definition) is 7. The number of amides is 1. The predicted octanol–water partition coefficient (Wildman–Crippen LogP) is 1.69. The number of hydrogen-bond donors (Lipinski definition) is 1. The number of anilines is 2. The number of aryl methyl sites for hydroxylation is 2. The van der Waals surface area contributed by atoms with Gasteiger partial charge in [0.2, 0.25) is 5.88 Å². The molecular weight excluding hydrogens is 348 g/mol. The molecule has 0 saturated carbocycles. The van der Waals surface area contributed by atoms with Crippen molar-refractivity contribution in [1.29, 1.82) is 0 Å². The van der Waals surface area contributed by atoms with E-state index in [2.05, 4.69) is 36.0 Å². The van der Waals surface area contributed by atoms with Crippen LogP contribution in [-0.2, 0) is 9.53 Å². The molecule has 27 heavy (non-hydrogen) atoms. The van der Waals surface area contributed by atoms with Crippen molar-refractivity contribution in [1.82, 2.24) is 10.1 Å². The zero-order chi connectivity index (χ0) is 19.6. The van der Waals surface area contributed by atoms with Crippen molar-refractivity contribution in [3.63, 3.8) is 0 Å². The molecule has 0 unspecified atom stereocenters. The second-order valence-electron chi connectivity index (χ2n) is 6.67. The van der Waals surface area contributed by atoms with E-state index < -0.39 is 5.97 Å².